The number of rotatable bonds is 8. The SMILES string of the molecule is CC(CCNc1cccc(C(N)=O)n1)CCC(=O)O. The van der Waals surface area contributed by atoms with Gasteiger partial charge >= 0.3 is 5.97 Å². The Bertz CT molecular complexity index is 449. The molecule has 0 aliphatic carbocycles. The Balaban J connectivity index is 2.34. The first-order chi connectivity index (χ1) is 8.99. The number of primary amides is 1. The highest BCUT2D eigenvalue weighted by atomic mass is 16.4. The van der Waals surface area contributed by atoms with Crippen molar-refractivity contribution in [2.75, 3.05) is 11.9 Å². The van der Waals surface area contributed by atoms with Crippen molar-refractivity contribution in [3.63, 3.8) is 0 Å². The normalized spacial score (nSPS) is 11.8. The van der Waals surface area contributed by atoms with Gasteiger partial charge in [-0.1, -0.05) is 13.0 Å². The Morgan fingerprint density at radius 1 is 1.42 bits per heavy atom. The molecule has 0 saturated carbocycles. The lowest BCUT2D eigenvalue weighted by Gasteiger charge is -2.11. The average Bonchev–Trinajstić information content (AvgIpc) is 2.36. The highest BCUT2D eigenvalue weighted by Crippen LogP contribution is 2.11. The number of carboxylic acids is 1. The lowest BCUT2D eigenvalue weighted by Crippen LogP contribution is -2.15. The number of pyridine rings is 1. The number of nitrogens with one attached hydrogen (secondary N) is 1. The summed E-state index contributed by atoms with van der Waals surface area (Å²) >= 11 is 0. The highest BCUT2D eigenvalue weighted by molar-refractivity contribution is 5.91. The first-order valence-electron chi connectivity index (χ1n) is 6.21. The maximum Gasteiger partial charge on any atom is 0.303 e. The summed E-state index contributed by atoms with van der Waals surface area (Å²) in [5.74, 6) is -0.404. The van der Waals surface area contributed by atoms with E-state index in [1.54, 1.807) is 18.2 Å². The molecule has 1 amide bonds. The molecule has 0 aliphatic rings. The van der Waals surface area contributed by atoms with E-state index in [1.807, 2.05) is 6.92 Å². The summed E-state index contributed by atoms with van der Waals surface area (Å²) < 4.78 is 0. The molecular formula is C13H19N3O3. The second-order valence-corrected chi connectivity index (χ2v) is 4.53. The first-order valence-corrected chi connectivity index (χ1v) is 6.21. The number of amides is 1. The lowest BCUT2D eigenvalue weighted by atomic mass is 10.0. The number of carbonyl (C=O) groups excluding carboxylic acids is 1. The van der Waals surface area contributed by atoms with Crippen LogP contribution in [-0.4, -0.2) is 28.5 Å². The molecule has 6 heteroatoms. The van der Waals surface area contributed by atoms with E-state index in [9.17, 15) is 9.59 Å². The molecule has 0 aromatic carbocycles. The quantitative estimate of drug-likeness (QED) is 0.660. The van der Waals surface area contributed by atoms with Crippen LogP contribution in [0.2, 0.25) is 0 Å². The van der Waals surface area contributed by atoms with Crippen molar-refractivity contribution in [2.45, 2.75) is 26.2 Å². The van der Waals surface area contributed by atoms with Crippen LogP contribution in [0.15, 0.2) is 18.2 Å². The van der Waals surface area contributed by atoms with E-state index in [2.05, 4.69) is 10.3 Å². The summed E-state index contributed by atoms with van der Waals surface area (Å²) in [6, 6.07) is 5.03. The Hall–Kier alpha value is -2.11. The fourth-order valence-electron chi connectivity index (χ4n) is 1.63. The van der Waals surface area contributed by atoms with Crippen LogP contribution in [0.4, 0.5) is 5.82 Å². The first kappa shape index (κ1) is 14.9. The van der Waals surface area contributed by atoms with Gasteiger partial charge in [0.25, 0.3) is 5.91 Å². The third-order valence-corrected chi connectivity index (χ3v) is 2.80. The molecule has 0 radical (unpaired) electrons. The predicted octanol–water partition coefficient (Wildman–Crippen LogP) is 1.48. The van der Waals surface area contributed by atoms with Crippen molar-refractivity contribution in [3.05, 3.63) is 23.9 Å². The molecule has 1 unspecified atom stereocenters. The summed E-state index contributed by atoms with van der Waals surface area (Å²) in [7, 11) is 0. The number of aromatic nitrogens is 1. The molecule has 0 aliphatic heterocycles. The van der Waals surface area contributed by atoms with Crippen molar-refractivity contribution in [2.24, 2.45) is 11.7 Å². The Kier molecular flexibility index (Phi) is 5.78. The van der Waals surface area contributed by atoms with E-state index >= 15 is 0 Å². The molecular weight excluding hydrogens is 246 g/mol. The second kappa shape index (κ2) is 7.35. The van der Waals surface area contributed by atoms with Gasteiger partial charge in [0, 0.05) is 13.0 Å². The Labute approximate surface area is 112 Å². The van der Waals surface area contributed by atoms with E-state index in [4.69, 9.17) is 10.8 Å². The number of aliphatic carboxylic acids is 1. The van der Waals surface area contributed by atoms with Gasteiger partial charge in [0.05, 0.1) is 0 Å². The molecule has 0 fully saturated rings. The van der Waals surface area contributed by atoms with Crippen LogP contribution in [0.25, 0.3) is 0 Å². The molecule has 6 nitrogen and oxygen atoms in total. The van der Waals surface area contributed by atoms with Gasteiger partial charge in [0.1, 0.15) is 11.5 Å². The van der Waals surface area contributed by atoms with Crippen LogP contribution in [0, 0.1) is 5.92 Å². The Morgan fingerprint density at radius 2 is 2.16 bits per heavy atom. The topological polar surface area (TPSA) is 105 Å². The monoisotopic (exact) mass is 265 g/mol. The summed E-state index contributed by atoms with van der Waals surface area (Å²) in [6.07, 6.45) is 1.69. The van der Waals surface area contributed by atoms with Crippen molar-refractivity contribution >= 4 is 17.7 Å². The van der Waals surface area contributed by atoms with Crippen LogP contribution in [-0.2, 0) is 4.79 Å². The van der Waals surface area contributed by atoms with Crippen molar-refractivity contribution in [1.29, 1.82) is 0 Å². The molecule has 1 heterocycles. The van der Waals surface area contributed by atoms with Crippen LogP contribution in [0.3, 0.4) is 0 Å². The molecule has 1 aromatic rings. The van der Waals surface area contributed by atoms with Crippen LogP contribution >= 0.6 is 0 Å². The van der Waals surface area contributed by atoms with Gasteiger partial charge in [0.2, 0.25) is 0 Å². The third-order valence-electron chi connectivity index (χ3n) is 2.80. The molecule has 1 aromatic heterocycles. The minimum absolute atomic E-state index is 0.191. The zero-order chi connectivity index (χ0) is 14.3. The molecule has 0 spiro atoms. The van der Waals surface area contributed by atoms with Crippen molar-refractivity contribution in [1.82, 2.24) is 4.98 Å². The van der Waals surface area contributed by atoms with Crippen molar-refractivity contribution < 1.29 is 14.7 Å². The van der Waals surface area contributed by atoms with E-state index in [0.29, 0.717) is 24.7 Å². The van der Waals surface area contributed by atoms with E-state index < -0.39 is 11.9 Å². The number of carbonyl (C=O) groups is 2. The molecule has 4 N–H and O–H groups in total. The fraction of sp³-hybridized carbons (Fsp3) is 0.462. The van der Waals surface area contributed by atoms with E-state index in [1.165, 1.54) is 0 Å². The fourth-order valence-corrected chi connectivity index (χ4v) is 1.63. The molecule has 1 atom stereocenters. The molecule has 0 bridgehead atoms. The number of carboxylic acid groups (broad SMARTS) is 1. The number of hydrogen-bond acceptors (Lipinski definition) is 4. The van der Waals surface area contributed by atoms with Gasteiger partial charge in [0.15, 0.2) is 0 Å². The third kappa shape index (κ3) is 5.85. The largest absolute Gasteiger partial charge is 0.481 e. The van der Waals surface area contributed by atoms with Gasteiger partial charge in [-0.25, -0.2) is 4.98 Å². The van der Waals surface area contributed by atoms with Crippen LogP contribution in [0.5, 0.6) is 0 Å². The molecule has 0 saturated heterocycles. The molecule has 1 rings (SSSR count). The zero-order valence-electron chi connectivity index (χ0n) is 10.9. The molecule has 104 valence electrons. The molecule has 19 heavy (non-hydrogen) atoms. The van der Waals surface area contributed by atoms with E-state index in [-0.39, 0.29) is 12.1 Å². The van der Waals surface area contributed by atoms with Gasteiger partial charge in [-0.05, 0) is 30.9 Å². The second-order valence-electron chi connectivity index (χ2n) is 4.53. The highest BCUT2D eigenvalue weighted by Gasteiger charge is 2.06. The zero-order valence-corrected chi connectivity index (χ0v) is 10.9. The van der Waals surface area contributed by atoms with Gasteiger partial charge < -0.3 is 16.2 Å². The maximum absolute atomic E-state index is 11.0. The van der Waals surface area contributed by atoms with Gasteiger partial charge in [-0.2, -0.15) is 0 Å². The standard InChI is InChI=1S/C13H19N3O3/c1-9(5-6-12(17)18)7-8-15-11-4-2-3-10(16-11)13(14)19/h2-4,9H,5-8H2,1H3,(H2,14,19)(H,15,16)(H,17,18). The minimum atomic E-state index is -0.768. The summed E-state index contributed by atoms with van der Waals surface area (Å²) in [4.78, 5) is 25.5. The summed E-state index contributed by atoms with van der Waals surface area (Å²) in [6.45, 7) is 2.69. The minimum Gasteiger partial charge on any atom is -0.481 e. The number of anilines is 1. The number of hydrogen-bond donors (Lipinski definition) is 3. The van der Waals surface area contributed by atoms with Crippen LogP contribution < -0.4 is 11.1 Å². The summed E-state index contributed by atoms with van der Waals surface area (Å²) in [5, 5.41) is 11.7. The van der Waals surface area contributed by atoms with Crippen molar-refractivity contribution in [3.8, 4) is 0 Å². The van der Waals surface area contributed by atoms with Gasteiger partial charge in [-0.15, -0.1) is 0 Å². The average molecular weight is 265 g/mol. The smallest absolute Gasteiger partial charge is 0.303 e. The number of nitrogens with two attached hydrogens (primary N) is 1. The van der Waals surface area contributed by atoms with Crippen LogP contribution in [0.1, 0.15) is 36.7 Å². The summed E-state index contributed by atoms with van der Waals surface area (Å²) in [5.41, 5.74) is 5.37. The number of nitrogens with zero attached hydrogens (tertiary/aromatic N) is 1. The van der Waals surface area contributed by atoms with E-state index in [0.717, 1.165) is 6.42 Å². The maximum atomic E-state index is 11.0. The lowest BCUT2D eigenvalue weighted by molar-refractivity contribution is -0.137. The predicted molar refractivity (Wildman–Crippen MR) is 71.9 cm³/mol. The Morgan fingerprint density at radius 3 is 2.79 bits per heavy atom. The van der Waals surface area contributed by atoms with Gasteiger partial charge in [-0.3, -0.25) is 9.59 Å².